The molecule has 0 N–H and O–H groups in total. The molecule has 3 aliphatic rings. The number of ether oxygens (including phenoxy) is 1. The summed E-state index contributed by atoms with van der Waals surface area (Å²) in [5.41, 5.74) is 0. The third-order valence-corrected chi connectivity index (χ3v) is 6.36. The van der Waals surface area contributed by atoms with E-state index in [1.54, 1.807) is 0 Å². The molecule has 0 aromatic rings. The van der Waals surface area contributed by atoms with Crippen molar-refractivity contribution in [3.05, 3.63) is 0 Å². The van der Waals surface area contributed by atoms with E-state index in [0.717, 1.165) is 25.0 Å². The van der Waals surface area contributed by atoms with Gasteiger partial charge in [-0.2, -0.15) is 0 Å². The minimum Gasteiger partial charge on any atom is -0.370 e. The first-order chi connectivity index (χ1) is 9.59. The maximum Gasteiger partial charge on any atom is 0.102 e. The van der Waals surface area contributed by atoms with E-state index in [4.69, 9.17) is 4.74 Å². The summed E-state index contributed by atoms with van der Waals surface area (Å²) >= 11 is 0. The Kier molecular flexibility index (Phi) is 4.40. The molecule has 0 amide bonds. The van der Waals surface area contributed by atoms with Crippen molar-refractivity contribution in [3.8, 4) is 0 Å². The number of likely N-dealkylation sites (N-methyl/N-ethyl adjacent to an activating group) is 1. The number of hydrogen-bond donors (Lipinski definition) is 0. The van der Waals surface area contributed by atoms with Crippen LogP contribution in [0.4, 0.5) is 0 Å². The van der Waals surface area contributed by atoms with Crippen LogP contribution >= 0.6 is 0 Å². The molecule has 0 bridgehead atoms. The largest absolute Gasteiger partial charge is 0.370 e. The SMILES string of the molecule is C[N+]1(CCC[N+]2(C)C[C@@H]3CCCC[C@H]3C2)CCOCC1. The van der Waals surface area contributed by atoms with Crippen LogP contribution in [0, 0.1) is 11.8 Å². The second kappa shape index (κ2) is 5.94. The number of fused-ring (bicyclic) bond motifs is 1. The molecule has 116 valence electrons. The highest BCUT2D eigenvalue weighted by Crippen LogP contribution is 2.39. The smallest absolute Gasteiger partial charge is 0.102 e. The fourth-order valence-electron chi connectivity index (χ4n) is 5.00. The number of morpholine rings is 1. The lowest BCUT2D eigenvalue weighted by Gasteiger charge is -2.38. The van der Waals surface area contributed by atoms with Crippen LogP contribution in [0.5, 0.6) is 0 Å². The highest BCUT2D eigenvalue weighted by atomic mass is 16.5. The summed E-state index contributed by atoms with van der Waals surface area (Å²) in [5, 5.41) is 0. The summed E-state index contributed by atoms with van der Waals surface area (Å²) in [4.78, 5) is 0. The topological polar surface area (TPSA) is 9.23 Å². The van der Waals surface area contributed by atoms with Crippen LogP contribution in [0.1, 0.15) is 32.1 Å². The molecule has 2 heterocycles. The number of hydrogen-bond acceptors (Lipinski definition) is 1. The maximum atomic E-state index is 5.51. The Hall–Kier alpha value is -0.120. The van der Waals surface area contributed by atoms with Crippen molar-refractivity contribution in [1.29, 1.82) is 0 Å². The van der Waals surface area contributed by atoms with Crippen LogP contribution in [0.25, 0.3) is 0 Å². The summed E-state index contributed by atoms with van der Waals surface area (Å²) in [6.45, 7) is 10.1. The lowest BCUT2D eigenvalue weighted by molar-refractivity contribution is -0.928. The van der Waals surface area contributed by atoms with Gasteiger partial charge in [0.05, 0.1) is 53.5 Å². The van der Waals surface area contributed by atoms with E-state index in [9.17, 15) is 0 Å². The molecule has 3 nitrogen and oxygen atoms in total. The van der Waals surface area contributed by atoms with Crippen LogP contribution in [0.2, 0.25) is 0 Å². The molecule has 2 saturated heterocycles. The van der Waals surface area contributed by atoms with Crippen LogP contribution in [-0.2, 0) is 4.74 Å². The van der Waals surface area contributed by atoms with Crippen molar-refractivity contribution in [2.75, 3.05) is 66.6 Å². The van der Waals surface area contributed by atoms with Crippen LogP contribution in [-0.4, -0.2) is 75.5 Å². The van der Waals surface area contributed by atoms with Gasteiger partial charge in [-0.1, -0.05) is 12.8 Å². The molecule has 0 unspecified atom stereocenters. The van der Waals surface area contributed by atoms with Crippen LogP contribution < -0.4 is 0 Å². The Morgan fingerprint density at radius 1 is 0.850 bits per heavy atom. The van der Waals surface area contributed by atoms with Gasteiger partial charge in [-0.05, 0) is 12.8 Å². The summed E-state index contributed by atoms with van der Waals surface area (Å²) < 4.78 is 8.12. The molecular formula is C17H34N2O+2. The Morgan fingerprint density at radius 3 is 2.00 bits per heavy atom. The summed E-state index contributed by atoms with van der Waals surface area (Å²) in [6.07, 6.45) is 7.42. The predicted molar refractivity (Wildman–Crippen MR) is 82.5 cm³/mol. The van der Waals surface area contributed by atoms with E-state index in [0.29, 0.717) is 0 Å². The first kappa shape index (κ1) is 14.8. The van der Waals surface area contributed by atoms with Crippen molar-refractivity contribution in [2.45, 2.75) is 32.1 Å². The van der Waals surface area contributed by atoms with Crippen molar-refractivity contribution < 1.29 is 13.7 Å². The normalized spacial score (nSPS) is 35.7. The van der Waals surface area contributed by atoms with Gasteiger partial charge in [-0.15, -0.1) is 0 Å². The number of nitrogens with zero attached hydrogens (tertiary/aromatic N) is 2. The van der Waals surface area contributed by atoms with Gasteiger partial charge in [0, 0.05) is 18.3 Å². The summed E-state index contributed by atoms with van der Waals surface area (Å²) in [5.74, 6) is 2.11. The Morgan fingerprint density at radius 2 is 1.40 bits per heavy atom. The summed E-state index contributed by atoms with van der Waals surface area (Å²) in [6, 6.07) is 0. The molecule has 3 heteroatoms. The van der Waals surface area contributed by atoms with E-state index in [2.05, 4.69) is 14.1 Å². The Labute approximate surface area is 125 Å². The molecule has 1 saturated carbocycles. The molecule has 0 radical (unpaired) electrons. The first-order valence-corrected chi connectivity index (χ1v) is 8.84. The van der Waals surface area contributed by atoms with E-state index in [-0.39, 0.29) is 0 Å². The number of quaternary nitrogens is 2. The molecular weight excluding hydrogens is 248 g/mol. The van der Waals surface area contributed by atoms with Gasteiger partial charge in [0.1, 0.15) is 13.1 Å². The van der Waals surface area contributed by atoms with Gasteiger partial charge in [-0.25, -0.2) is 0 Å². The van der Waals surface area contributed by atoms with Crippen molar-refractivity contribution >= 4 is 0 Å². The zero-order valence-electron chi connectivity index (χ0n) is 13.6. The molecule has 3 fully saturated rings. The zero-order chi connectivity index (χ0) is 14.1. The lowest BCUT2D eigenvalue weighted by Crippen LogP contribution is -2.53. The maximum absolute atomic E-state index is 5.51. The third-order valence-electron chi connectivity index (χ3n) is 6.36. The van der Waals surface area contributed by atoms with E-state index < -0.39 is 0 Å². The highest BCUT2D eigenvalue weighted by Gasteiger charge is 2.43. The second-order valence-electron chi connectivity index (χ2n) is 8.27. The van der Waals surface area contributed by atoms with Gasteiger partial charge < -0.3 is 13.7 Å². The summed E-state index contributed by atoms with van der Waals surface area (Å²) in [7, 11) is 4.95. The van der Waals surface area contributed by atoms with E-state index in [1.807, 2.05) is 0 Å². The first-order valence-electron chi connectivity index (χ1n) is 8.84. The van der Waals surface area contributed by atoms with E-state index >= 15 is 0 Å². The van der Waals surface area contributed by atoms with Gasteiger partial charge in [0.25, 0.3) is 0 Å². The Balaban J connectivity index is 1.46. The second-order valence-corrected chi connectivity index (χ2v) is 8.27. The van der Waals surface area contributed by atoms with Gasteiger partial charge in [-0.3, -0.25) is 0 Å². The molecule has 2 aliphatic heterocycles. The fourth-order valence-corrected chi connectivity index (χ4v) is 5.00. The molecule has 1 aliphatic carbocycles. The quantitative estimate of drug-likeness (QED) is 0.718. The molecule has 2 atom stereocenters. The van der Waals surface area contributed by atoms with Gasteiger partial charge in [0.15, 0.2) is 0 Å². The Bertz CT molecular complexity index is 311. The molecule has 3 rings (SSSR count). The molecule has 0 spiro atoms. The van der Waals surface area contributed by atoms with Crippen molar-refractivity contribution in [1.82, 2.24) is 0 Å². The number of likely N-dealkylation sites (tertiary alicyclic amines) is 1. The average Bonchev–Trinajstić information content (AvgIpc) is 2.75. The molecule has 0 aromatic carbocycles. The van der Waals surface area contributed by atoms with Crippen LogP contribution in [0.15, 0.2) is 0 Å². The highest BCUT2D eigenvalue weighted by molar-refractivity contribution is 4.80. The molecule has 0 aromatic heterocycles. The van der Waals surface area contributed by atoms with Gasteiger partial charge >= 0.3 is 0 Å². The molecule has 20 heavy (non-hydrogen) atoms. The predicted octanol–water partition coefficient (Wildman–Crippen LogP) is 2.12. The number of rotatable bonds is 4. The minimum atomic E-state index is 0.965. The monoisotopic (exact) mass is 282 g/mol. The average molecular weight is 282 g/mol. The van der Waals surface area contributed by atoms with Crippen molar-refractivity contribution in [3.63, 3.8) is 0 Å². The third kappa shape index (κ3) is 3.37. The zero-order valence-corrected chi connectivity index (χ0v) is 13.6. The van der Waals surface area contributed by atoms with E-state index in [1.165, 1.54) is 80.3 Å². The van der Waals surface area contributed by atoms with Gasteiger partial charge in [0.2, 0.25) is 0 Å². The lowest BCUT2D eigenvalue weighted by atomic mass is 9.82. The minimum absolute atomic E-state index is 0.965. The fraction of sp³-hybridized carbons (Fsp3) is 1.00. The van der Waals surface area contributed by atoms with Crippen LogP contribution in [0.3, 0.4) is 0 Å². The van der Waals surface area contributed by atoms with Crippen molar-refractivity contribution in [2.24, 2.45) is 11.8 Å². The standard InChI is InChI=1S/C17H34N2O/c1-18(10-12-20-13-11-18)8-5-9-19(2)14-16-6-3-4-7-17(16)15-19/h16-17H,3-15H2,1-2H3/q+2/t16-,17-/m0/s1.